The highest BCUT2D eigenvalue weighted by Gasteiger charge is 2.17. The Morgan fingerprint density at radius 3 is 2.81 bits per heavy atom. The Kier molecular flexibility index (Phi) is 4.79. The minimum Gasteiger partial charge on any atom is -0.472 e. The van der Waals surface area contributed by atoms with E-state index in [1.54, 1.807) is 24.0 Å². The van der Waals surface area contributed by atoms with Crippen LogP contribution < -0.4 is 10.5 Å². The van der Waals surface area contributed by atoms with Gasteiger partial charge in [0.2, 0.25) is 11.8 Å². The van der Waals surface area contributed by atoms with Crippen molar-refractivity contribution in [3.63, 3.8) is 0 Å². The van der Waals surface area contributed by atoms with Crippen LogP contribution in [0.2, 0.25) is 0 Å². The number of rotatable bonds is 6. The van der Waals surface area contributed by atoms with Crippen LogP contribution in [0.15, 0.2) is 35.4 Å². The highest BCUT2D eigenvalue weighted by Crippen LogP contribution is 2.31. The second kappa shape index (κ2) is 6.57. The molecular formula is C13H13F2N3O2S. The van der Waals surface area contributed by atoms with Gasteiger partial charge in [0.15, 0.2) is 0 Å². The quantitative estimate of drug-likeness (QED) is 0.832. The van der Waals surface area contributed by atoms with Crippen LogP contribution in [0, 0.1) is 0 Å². The molecule has 0 saturated heterocycles. The molecule has 0 spiro atoms. The molecule has 0 aliphatic carbocycles. The Bertz CT molecular complexity index is 646. The van der Waals surface area contributed by atoms with Crippen LogP contribution in [0.3, 0.4) is 0 Å². The molecule has 1 heterocycles. The van der Waals surface area contributed by atoms with Crippen LogP contribution in [0.1, 0.15) is 15.9 Å². The molecule has 1 aromatic heterocycles. The molecular weight excluding hydrogens is 300 g/mol. The van der Waals surface area contributed by atoms with E-state index >= 15 is 0 Å². The minimum atomic E-state index is -2.60. The third kappa shape index (κ3) is 3.94. The molecule has 0 unspecified atom stereocenters. The molecule has 5 nitrogen and oxygen atoms in total. The zero-order valence-corrected chi connectivity index (χ0v) is 11.9. The zero-order valence-electron chi connectivity index (χ0n) is 11.1. The lowest BCUT2D eigenvalue weighted by Crippen LogP contribution is -2.15. The highest BCUT2D eigenvalue weighted by molar-refractivity contribution is 7.99. The van der Waals surface area contributed by atoms with Gasteiger partial charge in [-0.15, -0.1) is 5.10 Å². The second-order valence-corrected chi connectivity index (χ2v) is 5.17. The first-order chi connectivity index (χ1) is 9.97. The fourth-order valence-corrected chi connectivity index (χ4v) is 2.43. The van der Waals surface area contributed by atoms with E-state index in [1.807, 2.05) is 0 Å². The lowest BCUT2D eigenvalue weighted by Gasteiger charge is -2.12. The van der Waals surface area contributed by atoms with E-state index < -0.39 is 11.7 Å². The normalized spacial score (nSPS) is 10.9. The lowest BCUT2D eigenvalue weighted by atomic mass is 10.1. The number of amides is 1. The number of hydrogen-bond donors (Lipinski definition) is 1. The summed E-state index contributed by atoms with van der Waals surface area (Å²) in [7, 11) is 1.72. The Balaban J connectivity index is 2.27. The van der Waals surface area contributed by atoms with Gasteiger partial charge in [0, 0.05) is 35.3 Å². The Morgan fingerprint density at radius 1 is 1.48 bits per heavy atom. The maximum absolute atomic E-state index is 12.6. The summed E-state index contributed by atoms with van der Waals surface area (Å²) in [5.74, 6) is -2.95. The number of benzene rings is 1. The fourth-order valence-electron chi connectivity index (χ4n) is 1.77. The van der Waals surface area contributed by atoms with Crippen molar-refractivity contribution in [2.24, 2.45) is 12.8 Å². The first kappa shape index (κ1) is 15.3. The number of carbonyl (C=O) groups excluding carboxylic acids is 1. The van der Waals surface area contributed by atoms with Crippen molar-refractivity contribution in [3.8, 4) is 5.88 Å². The predicted molar refractivity (Wildman–Crippen MR) is 74.4 cm³/mol. The van der Waals surface area contributed by atoms with Crippen LogP contribution in [-0.2, 0) is 13.7 Å². The van der Waals surface area contributed by atoms with Crippen LogP contribution in [0.4, 0.5) is 8.78 Å². The summed E-state index contributed by atoms with van der Waals surface area (Å²) in [5, 5.41) is 4.01. The number of nitrogens with zero attached hydrogens (tertiary/aromatic N) is 2. The van der Waals surface area contributed by atoms with Gasteiger partial charge in [-0.2, -0.15) is 8.78 Å². The van der Waals surface area contributed by atoms with Crippen LogP contribution in [0.25, 0.3) is 0 Å². The first-order valence-corrected chi connectivity index (χ1v) is 6.84. The summed E-state index contributed by atoms with van der Waals surface area (Å²) in [4.78, 5) is 11.7. The van der Waals surface area contributed by atoms with E-state index in [0.29, 0.717) is 23.2 Å². The maximum Gasteiger partial charge on any atom is 0.288 e. The Morgan fingerprint density at radius 2 is 2.24 bits per heavy atom. The van der Waals surface area contributed by atoms with Gasteiger partial charge >= 0.3 is 0 Å². The van der Waals surface area contributed by atoms with Crippen molar-refractivity contribution < 1.29 is 18.3 Å². The van der Waals surface area contributed by atoms with Crippen molar-refractivity contribution in [1.82, 2.24) is 9.78 Å². The summed E-state index contributed by atoms with van der Waals surface area (Å²) >= 11 is 0.350. The summed E-state index contributed by atoms with van der Waals surface area (Å²) < 4.78 is 32.2. The standard InChI is InChI=1S/C13H13F2N3O2S/c1-18-6-5-11(17-18)20-7-9-8(12(16)19)3-2-4-10(9)21-13(14)15/h2-6,13H,7H2,1H3,(H2,16,19). The maximum atomic E-state index is 12.6. The number of nitrogens with two attached hydrogens (primary N) is 1. The minimum absolute atomic E-state index is 0.0643. The number of primary amides is 1. The van der Waals surface area contributed by atoms with E-state index in [2.05, 4.69) is 5.10 Å². The van der Waals surface area contributed by atoms with Crippen molar-refractivity contribution in [2.75, 3.05) is 0 Å². The average molecular weight is 313 g/mol. The van der Waals surface area contributed by atoms with Gasteiger partial charge in [-0.1, -0.05) is 17.8 Å². The van der Waals surface area contributed by atoms with Crippen molar-refractivity contribution in [2.45, 2.75) is 17.3 Å². The van der Waals surface area contributed by atoms with Crippen LogP contribution >= 0.6 is 11.8 Å². The molecule has 8 heteroatoms. The van der Waals surface area contributed by atoms with Gasteiger partial charge in [-0.3, -0.25) is 9.48 Å². The Hall–Kier alpha value is -2.09. The summed E-state index contributed by atoms with van der Waals surface area (Å²) in [6.07, 6.45) is 1.68. The first-order valence-electron chi connectivity index (χ1n) is 5.96. The molecule has 2 N–H and O–H groups in total. The van der Waals surface area contributed by atoms with Crippen molar-refractivity contribution in [1.29, 1.82) is 0 Å². The van der Waals surface area contributed by atoms with E-state index in [4.69, 9.17) is 10.5 Å². The molecule has 0 atom stereocenters. The van der Waals surface area contributed by atoms with E-state index in [0.717, 1.165) is 0 Å². The largest absolute Gasteiger partial charge is 0.472 e. The average Bonchev–Trinajstić information content (AvgIpc) is 2.82. The molecule has 2 aromatic rings. The second-order valence-electron chi connectivity index (χ2n) is 4.14. The summed E-state index contributed by atoms with van der Waals surface area (Å²) in [5.41, 5.74) is 5.77. The SMILES string of the molecule is Cn1ccc(OCc2c(SC(F)F)cccc2C(N)=O)n1. The molecule has 2 rings (SSSR count). The zero-order chi connectivity index (χ0) is 15.4. The Labute approximate surface area is 124 Å². The van der Waals surface area contributed by atoms with Crippen LogP contribution in [0.5, 0.6) is 5.88 Å². The predicted octanol–water partition coefficient (Wildman–Crippen LogP) is 2.41. The molecule has 0 radical (unpaired) electrons. The fraction of sp³-hybridized carbons (Fsp3) is 0.231. The number of halogens is 2. The van der Waals surface area contributed by atoms with Gasteiger partial charge < -0.3 is 10.5 Å². The molecule has 21 heavy (non-hydrogen) atoms. The van der Waals surface area contributed by atoms with Gasteiger partial charge in [0.1, 0.15) is 6.61 Å². The van der Waals surface area contributed by atoms with Gasteiger partial charge in [0.05, 0.1) is 0 Å². The molecule has 112 valence electrons. The topological polar surface area (TPSA) is 70.1 Å². The molecule has 0 bridgehead atoms. The van der Waals surface area contributed by atoms with Crippen molar-refractivity contribution >= 4 is 17.7 Å². The van der Waals surface area contributed by atoms with Crippen LogP contribution in [-0.4, -0.2) is 21.4 Å². The van der Waals surface area contributed by atoms with Gasteiger partial charge in [-0.05, 0) is 12.1 Å². The molecule has 0 aliphatic heterocycles. The third-order valence-corrected chi connectivity index (χ3v) is 3.48. The molecule has 0 aliphatic rings. The molecule has 0 saturated carbocycles. The lowest BCUT2D eigenvalue weighted by molar-refractivity contribution is 0.0997. The van der Waals surface area contributed by atoms with Gasteiger partial charge in [0.25, 0.3) is 5.76 Å². The number of alkyl halides is 2. The highest BCUT2D eigenvalue weighted by atomic mass is 32.2. The molecule has 0 fully saturated rings. The molecule has 1 aromatic carbocycles. The summed E-state index contributed by atoms with van der Waals surface area (Å²) in [6, 6.07) is 6.12. The number of aromatic nitrogens is 2. The van der Waals surface area contributed by atoms with E-state index in [-0.39, 0.29) is 17.1 Å². The smallest absolute Gasteiger partial charge is 0.288 e. The van der Waals surface area contributed by atoms with Gasteiger partial charge in [-0.25, -0.2) is 0 Å². The number of carbonyl (C=O) groups is 1. The number of thioether (sulfide) groups is 1. The molecule has 1 amide bonds. The summed E-state index contributed by atoms with van der Waals surface area (Å²) in [6.45, 7) is -0.0643. The third-order valence-electron chi connectivity index (χ3n) is 2.67. The van der Waals surface area contributed by atoms with Crippen molar-refractivity contribution in [3.05, 3.63) is 41.6 Å². The monoisotopic (exact) mass is 313 g/mol. The van der Waals surface area contributed by atoms with E-state index in [9.17, 15) is 13.6 Å². The van der Waals surface area contributed by atoms with E-state index in [1.165, 1.54) is 18.2 Å². The number of aryl methyl sites for hydroxylation is 1. The number of hydrogen-bond acceptors (Lipinski definition) is 4. The number of ether oxygens (including phenoxy) is 1.